The van der Waals surface area contributed by atoms with Gasteiger partial charge in [-0.1, -0.05) is 12.1 Å². The molecule has 4 rings (SSSR count). The Morgan fingerprint density at radius 3 is 2.67 bits per heavy atom. The van der Waals surface area contributed by atoms with E-state index < -0.39 is 17.5 Å². The number of nitrogens with zero attached hydrogens (tertiary/aromatic N) is 4. The van der Waals surface area contributed by atoms with Crippen LogP contribution >= 0.6 is 0 Å². The van der Waals surface area contributed by atoms with Crippen molar-refractivity contribution in [1.82, 2.24) is 14.9 Å². The minimum absolute atomic E-state index is 0.0650. The molecule has 1 unspecified atom stereocenters. The first-order valence-electron chi connectivity index (χ1n) is 11.2. The summed E-state index contributed by atoms with van der Waals surface area (Å²) in [5.41, 5.74) is -0.0111. The number of anilines is 1. The summed E-state index contributed by atoms with van der Waals surface area (Å²) in [5.74, 6) is -0.844. The number of ether oxygens (including phenoxy) is 2. The number of benzene rings is 1. The molecular weight excluding hydrogens is 430 g/mol. The summed E-state index contributed by atoms with van der Waals surface area (Å²) < 4.78 is 39.1. The summed E-state index contributed by atoms with van der Waals surface area (Å²) in [5, 5.41) is 0. The molecule has 3 heterocycles. The van der Waals surface area contributed by atoms with Crippen LogP contribution in [0.15, 0.2) is 30.5 Å². The summed E-state index contributed by atoms with van der Waals surface area (Å²) in [6, 6.07) is 5.99. The fourth-order valence-corrected chi connectivity index (χ4v) is 4.43. The second-order valence-corrected chi connectivity index (χ2v) is 9.96. The molecule has 7 nitrogen and oxygen atoms in total. The fraction of sp³-hybridized carbons (Fsp3) is 0.542. The molecule has 2 aromatic rings. The zero-order chi connectivity index (χ0) is 23.8. The molecule has 0 radical (unpaired) electrons. The van der Waals surface area contributed by atoms with Gasteiger partial charge in [0.15, 0.2) is 0 Å². The van der Waals surface area contributed by atoms with E-state index in [0.717, 1.165) is 19.0 Å². The van der Waals surface area contributed by atoms with E-state index in [4.69, 9.17) is 9.47 Å². The zero-order valence-corrected chi connectivity index (χ0v) is 19.5. The van der Waals surface area contributed by atoms with Crippen LogP contribution in [0.1, 0.15) is 52.2 Å². The average molecular weight is 461 g/mol. The Bertz CT molecular complexity index is 1030. The first-order chi connectivity index (χ1) is 15.5. The van der Waals surface area contributed by atoms with Gasteiger partial charge >= 0.3 is 6.09 Å². The van der Waals surface area contributed by atoms with Gasteiger partial charge in [-0.15, -0.1) is 0 Å². The van der Waals surface area contributed by atoms with Crippen LogP contribution < -0.4 is 9.64 Å². The number of hydrogen-bond acceptors (Lipinski definition) is 6. The fourth-order valence-electron chi connectivity index (χ4n) is 4.43. The Morgan fingerprint density at radius 1 is 1.18 bits per heavy atom. The van der Waals surface area contributed by atoms with E-state index in [0.29, 0.717) is 37.7 Å². The third kappa shape index (κ3) is 5.34. The van der Waals surface area contributed by atoms with Crippen molar-refractivity contribution in [1.29, 1.82) is 0 Å². The number of hydrogen-bond donors (Lipinski definition) is 0. The number of halogens is 2. The second-order valence-electron chi connectivity index (χ2n) is 9.96. The smallest absolute Gasteiger partial charge is 0.410 e. The molecule has 0 aliphatic carbocycles. The maximum atomic E-state index is 14.4. The van der Waals surface area contributed by atoms with E-state index in [2.05, 4.69) is 9.97 Å². The summed E-state index contributed by atoms with van der Waals surface area (Å²) >= 11 is 0. The summed E-state index contributed by atoms with van der Waals surface area (Å²) in [4.78, 5) is 24.7. The molecular formula is C24H30F2N4O3. The molecule has 2 saturated heterocycles. The Balaban J connectivity index is 1.43. The van der Waals surface area contributed by atoms with Crippen molar-refractivity contribution >= 4 is 12.0 Å². The first kappa shape index (κ1) is 23.2. The molecule has 2 fully saturated rings. The first-order valence-corrected chi connectivity index (χ1v) is 11.2. The number of amides is 1. The van der Waals surface area contributed by atoms with Crippen molar-refractivity contribution in [3.63, 3.8) is 0 Å². The molecule has 2 aliphatic heterocycles. The number of carbonyl (C=O) groups is 1. The minimum atomic E-state index is -0.673. The van der Waals surface area contributed by atoms with Gasteiger partial charge in [0, 0.05) is 31.6 Å². The van der Waals surface area contributed by atoms with Gasteiger partial charge in [-0.3, -0.25) is 0 Å². The molecule has 1 amide bonds. The summed E-state index contributed by atoms with van der Waals surface area (Å²) in [7, 11) is 0. The Kier molecular flexibility index (Phi) is 6.16. The Morgan fingerprint density at radius 2 is 1.94 bits per heavy atom. The van der Waals surface area contributed by atoms with E-state index in [-0.39, 0.29) is 23.2 Å². The van der Waals surface area contributed by atoms with Gasteiger partial charge in [-0.25, -0.2) is 14.2 Å². The molecule has 2 aliphatic rings. The van der Waals surface area contributed by atoms with Gasteiger partial charge in [0.25, 0.3) is 5.88 Å². The third-order valence-corrected chi connectivity index (χ3v) is 6.12. The van der Waals surface area contributed by atoms with Gasteiger partial charge in [-0.05, 0) is 58.2 Å². The zero-order valence-electron chi connectivity index (χ0n) is 19.5. The van der Waals surface area contributed by atoms with Gasteiger partial charge in [0.05, 0.1) is 6.20 Å². The van der Waals surface area contributed by atoms with Crippen molar-refractivity contribution in [3.05, 3.63) is 47.7 Å². The van der Waals surface area contributed by atoms with E-state index in [1.54, 1.807) is 24.0 Å². The quantitative estimate of drug-likeness (QED) is 0.657. The largest absolute Gasteiger partial charge is 0.468 e. The molecule has 0 saturated carbocycles. The summed E-state index contributed by atoms with van der Waals surface area (Å²) in [6.07, 6.45) is 1.97. The van der Waals surface area contributed by atoms with Crippen LogP contribution in [0.5, 0.6) is 5.88 Å². The van der Waals surface area contributed by atoms with Crippen LogP contribution in [-0.2, 0) is 4.74 Å². The van der Waals surface area contributed by atoms with Crippen molar-refractivity contribution in [2.45, 2.75) is 52.2 Å². The maximum Gasteiger partial charge on any atom is 0.410 e. The maximum absolute atomic E-state index is 14.4. The SMILES string of the molecule is C[C@@H](Oc1nc(N2CCC3(CCN(C(=O)OC(C)(C)C)C3)C2)ncc1F)c1cccc(F)c1. The molecule has 178 valence electrons. The van der Waals surface area contributed by atoms with E-state index in [9.17, 15) is 13.6 Å². The number of rotatable bonds is 4. The van der Waals surface area contributed by atoms with Crippen molar-refractivity contribution in [2.24, 2.45) is 5.41 Å². The minimum Gasteiger partial charge on any atom is -0.468 e. The highest BCUT2D eigenvalue weighted by Crippen LogP contribution is 2.41. The van der Waals surface area contributed by atoms with Crippen LogP contribution in [0.4, 0.5) is 19.5 Å². The summed E-state index contributed by atoms with van der Waals surface area (Å²) in [6.45, 7) is 9.90. The highest BCUT2D eigenvalue weighted by atomic mass is 19.1. The van der Waals surface area contributed by atoms with E-state index >= 15 is 0 Å². The van der Waals surface area contributed by atoms with Gasteiger partial charge in [0.1, 0.15) is 17.5 Å². The van der Waals surface area contributed by atoms with E-state index in [1.165, 1.54) is 12.1 Å². The van der Waals surface area contributed by atoms with Crippen LogP contribution in [0.3, 0.4) is 0 Å². The highest BCUT2D eigenvalue weighted by Gasteiger charge is 2.46. The molecule has 1 spiro atoms. The monoisotopic (exact) mass is 460 g/mol. The number of carbonyl (C=O) groups excluding carboxylic acids is 1. The van der Waals surface area contributed by atoms with Crippen molar-refractivity contribution in [3.8, 4) is 5.88 Å². The predicted molar refractivity (Wildman–Crippen MR) is 119 cm³/mol. The Labute approximate surface area is 192 Å². The van der Waals surface area contributed by atoms with Crippen LogP contribution in [0.25, 0.3) is 0 Å². The average Bonchev–Trinajstić information content (AvgIpc) is 3.35. The lowest BCUT2D eigenvalue weighted by Crippen LogP contribution is -2.37. The second kappa shape index (κ2) is 8.76. The van der Waals surface area contributed by atoms with Crippen LogP contribution in [0, 0.1) is 17.0 Å². The predicted octanol–water partition coefficient (Wildman–Crippen LogP) is 4.73. The van der Waals surface area contributed by atoms with Gasteiger partial charge < -0.3 is 19.3 Å². The van der Waals surface area contributed by atoms with Gasteiger partial charge in [-0.2, -0.15) is 9.37 Å². The molecule has 33 heavy (non-hydrogen) atoms. The topological polar surface area (TPSA) is 67.8 Å². The lowest BCUT2D eigenvalue weighted by Gasteiger charge is -2.27. The van der Waals surface area contributed by atoms with Crippen molar-refractivity contribution < 1.29 is 23.0 Å². The van der Waals surface area contributed by atoms with Gasteiger partial charge in [0.2, 0.25) is 11.8 Å². The molecule has 1 aromatic heterocycles. The molecule has 1 aromatic carbocycles. The normalized spacial score (nSPS) is 21.5. The highest BCUT2D eigenvalue weighted by molar-refractivity contribution is 5.68. The van der Waals surface area contributed by atoms with E-state index in [1.807, 2.05) is 25.7 Å². The molecule has 0 bridgehead atoms. The standard InChI is InChI=1S/C24H30F2N4O3/c1-16(17-6-5-7-18(25)12-17)32-20-19(26)13-27-21(28-20)29-10-8-24(14-29)9-11-30(15-24)22(31)33-23(2,3)4/h5-7,12-13,16H,8-11,14-15H2,1-4H3/t16-,24?/m1/s1. The molecule has 9 heteroatoms. The lowest BCUT2D eigenvalue weighted by atomic mass is 9.86. The number of likely N-dealkylation sites (tertiary alicyclic amines) is 1. The third-order valence-electron chi connectivity index (χ3n) is 6.12. The van der Waals surface area contributed by atoms with Crippen LogP contribution in [0.2, 0.25) is 0 Å². The Hall–Kier alpha value is -2.97. The number of aromatic nitrogens is 2. The van der Waals surface area contributed by atoms with Crippen molar-refractivity contribution in [2.75, 3.05) is 31.1 Å². The molecule has 0 N–H and O–H groups in total. The lowest BCUT2D eigenvalue weighted by molar-refractivity contribution is 0.0276. The van der Waals surface area contributed by atoms with Crippen LogP contribution in [-0.4, -0.2) is 52.7 Å². The molecule has 2 atom stereocenters.